The summed E-state index contributed by atoms with van der Waals surface area (Å²) in [7, 11) is 0. The Kier molecular flexibility index (Phi) is 5.92. The van der Waals surface area contributed by atoms with Crippen molar-refractivity contribution < 1.29 is 9.53 Å². The highest BCUT2D eigenvalue weighted by Crippen LogP contribution is 2.17. The highest BCUT2D eigenvalue weighted by atomic mass is 35.5. The fourth-order valence-electron chi connectivity index (χ4n) is 1.83. The van der Waals surface area contributed by atoms with Crippen molar-refractivity contribution in [2.24, 2.45) is 4.99 Å². The normalized spacial score (nSPS) is 12.0. The largest absolute Gasteiger partial charge is 0.425 e. The predicted octanol–water partition coefficient (Wildman–Crippen LogP) is 4.42. The van der Waals surface area contributed by atoms with Crippen LogP contribution in [0.15, 0.2) is 65.7 Å². The van der Waals surface area contributed by atoms with Crippen LogP contribution in [-0.2, 0) is 4.79 Å². The number of aliphatic imine (C=N–C) groups is 1. The summed E-state index contributed by atoms with van der Waals surface area (Å²) in [5.74, 6) is 0.00474. The lowest BCUT2D eigenvalue weighted by Gasteiger charge is -2.09. The van der Waals surface area contributed by atoms with Crippen LogP contribution in [0.3, 0.4) is 0 Å². The number of ether oxygens (including phenoxy) is 1. The third-order valence-electron chi connectivity index (χ3n) is 2.99. The van der Waals surface area contributed by atoms with E-state index in [1.165, 1.54) is 0 Å². The summed E-state index contributed by atoms with van der Waals surface area (Å²) in [5, 5.41) is 0.587. The maximum absolute atomic E-state index is 12.0. The maximum Gasteiger partial charge on any atom is 0.336 e. The molecule has 0 aliphatic rings. The third kappa shape index (κ3) is 4.86. The Bertz CT molecular complexity index is 651. The molecular formula is C18H16ClNO2. The lowest BCUT2D eigenvalue weighted by molar-refractivity contribution is -0.135. The molecule has 0 amide bonds. The van der Waals surface area contributed by atoms with Crippen molar-refractivity contribution in [2.75, 3.05) is 0 Å². The van der Waals surface area contributed by atoms with E-state index in [1.54, 1.807) is 24.3 Å². The Morgan fingerprint density at radius 1 is 1.18 bits per heavy atom. The molecule has 0 fully saturated rings. The summed E-state index contributed by atoms with van der Waals surface area (Å²) in [4.78, 5) is 15.9. The summed E-state index contributed by atoms with van der Waals surface area (Å²) < 4.78 is 5.26. The van der Waals surface area contributed by atoms with E-state index in [-0.39, 0.29) is 0 Å². The highest BCUT2D eigenvalue weighted by molar-refractivity contribution is 6.30. The molecule has 0 saturated heterocycles. The summed E-state index contributed by atoms with van der Waals surface area (Å²) in [5.41, 5.74) is 1.07. The second-order valence-corrected chi connectivity index (χ2v) is 5.06. The molecule has 0 heterocycles. The van der Waals surface area contributed by atoms with Gasteiger partial charge in [0.1, 0.15) is 5.75 Å². The van der Waals surface area contributed by atoms with Gasteiger partial charge in [0, 0.05) is 5.02 Å². The number of rotatable bonds is 6. The molecule has 0 N–H and O–H groups in total. The number of hydrogen-bond donors (Lipinski definition) is 0. The monoisotopic (exact) mass is 313 g/mol. The molecule has 1 unspecified atom stereocenters. The van der Waals surface area contributed by atoms with Gasteiger partial charge in [-0.1, -0.05) is 54.1 Å². The van der Waals surface area contributed by atoms with Gasteiger partial charge in [-0.2, -0.15) is 0 Å². The van der Waals surface area contributed by atoms with Crippen molar-refractivity contribution in [1.82, 2.24) is 0 Å². The van der Waals surface area contributed by atoms with Crippen LogP contribution < -0.4 is 4.74 Å². The van der Waals surface area contributed by atoms with E-state index >= 15 is 0 Å². The Morgan fingerprint density at radius 3 is 2.50 bits per heavy atom. The zero-order chi connectivity index (χ0) is 15.8. The van der Waals surface area contributed by atoms with Gasteiger partial charge in [-0.25, -0.2) is 4.79 Å². The van der Waals surface area contributed by atoms with E-state index in [0.717, 1.165) is 5.56 Å². The van der Waals surface area contributed by atoms with E-state index in [1.807, 2.05) is 42.5 Å². The smallest absolute Gasteiger partial charge is 0.336 e. The first-order chi connectivity index (χ1) is 10.7. The topological polar surface area (TPSA) is 38.7 Å². The molecule has 3 nitrogen and oxygen atoms in total. The molecule has 2 aromatic carbocycles. The lowest BCUT2D eigenvalue weighted by atomic mass is 10.1. The molecule has 0 bridgehead atoms. The van der Waals surface area contributed by atoms with Gasteiger partial charge in [0.2, 0.25) is 0 Å². The van der Waals surface area contributed by atoms with E-state index in [2.05, 4.69) is 11.7 Å². The van der Waals surface area contributed by atoms with E-state index in [9.17, 15) is 4.79 Å². The van der Waals surface area contributed by atoms with Gasteiger partial charge in [-0.15, -0.1) is 0 Å². The van der Waals surface area contributed by atoms with Crippen molar-refractivity contribution in [3.8, 4) is 5.75 Å². The van der Waals surface area contributed by atoms with Gasteiger partial charge in [-0.3, -0.25) is 4.99 Å². The molecule has 2 aromatic rings. The number of carbonyl (C=O) groups is 1. The number of hydrogen-bond acceptors (Lipinski definition) is 3. The second kappa shape index (κ2) is 8.15. The van der Waals surface area contributed by atoms with Crippen LogP contribution in [0.2, 0.25) is 5.02 Å². The van der Waals surface area contributed by atoms with Crippen LogP contribution in [-0.4, -0.2) is 18.7 Å². The van der Waals surface area contributed by atoms with E-state index < -0.39 is 12.0 Å². The minimum atomic E-state index is -0.629. The summed E-state index contributed by atoms with van der Waals surface area (Å²) >= 11 is 5.79. The first kappa shape index (κ1) is 16.0. The number of halogens is 1. The van der Waals surface area contributed by atoms with E-state index in [0.29, 0.717) is 17.2 Å². The molecule has 1 atom stereocenters. The fraction of sp³-hybridized carbons (Fsp3) is 0.111. The van der Waals surface area contributed by atoms with Crippen LogP contribution in [0.5, 0.6) is 5.75 Å². The maximum atomic E-state index is 12.0. The number of carbonyl (C=O) groups excluding carboxylic acids is 1. The van der Waals surface area contributed by atoms with Gasteiger partial charge in [0.25, 0.3) is 0 Å². The number of esters is 1. The van der Waals surface area contributed by atoms with Crippen molar-refractivity contribution >= 4 is 30.4 Å². The lowest BCUT2D eigenvalue weighted by Crippen LogP contribution is -2.23. The SMILES string of the molecule is C=NC(C/C=C/c1ccccc1)C(=O)Oc1ccc(Cl)cc1. The van der Waals surface area contributed by atoms with Crippen LogP contribution in [0.4, 0.5) is 0 Å². The summed E-state index contributed by atoms with van der Waals surface area (Å²) in [6.45, 7) is 3.46. The molecule has 0 radical (unpaired) electrons. The van der Waals surface area contributed by atoms with Crippen LogP contribution in [0, 0.1) is 0 Å². The minimum Gasteiger partial charge on any atom is -0.425 e. The van der Waals surface area contributed by atoms with Gasteiger partial charge >= 0.3 is 5.97 Å². The van der Waals surface area contributed by atoms with Crippen molar-refractivity contribution in [2.45, 2.75) is 12.5 Å². The van der Waals surface area contributed by atoms with Crippen molar-refractivity contribution in [3.05, 3.63) is 71.3 Å². The number of nitrogens with zero attached hydrogens (tertiary/aromatic N) is 1. The van der Waals surface area contributed by atoms with Crippen LogP contribution >= 0.6 is 11.6 Å². The van der Waals surface area contributed by atoms with E-state index in [4.69, 9.17) is 16.3 Å². The van der Waals surface area contributed by atoms with Crippen LogP contribution in [0.25, 0.3) is 6.08 Å². The molecular weight excluding hydrogens is 298 g/mol. The zero-order valence-electron chi connectivity index (χ0n) is 12.0. The van der Waals surface area contributed by atoms with Crippen molar-refractivity contribution in [3.63, 3.8) is 0 Å². The zero-order valence-corrected chi connectivity index (χ0v) is 12.7. The molecule has 112 valence electrons. The predicted molar refractivity (Wildman–Crippen MR) is 90.5 cm³/mol. The number of benzene rings is 2. The third-order valence-corrected chi connectivity index (χ3v) is 3.25. The Hall–Kier alpha value is -2.39. The molecule has 0 spiro atoms. The van der Waals surface area contributed by atoms with Crippen molar-refractivity contribution in [1.29, 1.82) is 0 Å². The highest BCUT2D eigenvalue weighted by Gasteiger charge is 2.17. The van der Waals surface area contributed by atoms with Gasteiger partial charge in [-0.05, 0) is 43.0 Å². The Labute approximate surface area is 134 Å². The van der Waals surface area contributed by atoms with Gasteiger partial charge < -0.3 is 4.74 Å². The second-order valence-electron chi connectivity index (χ2n) is 4.62. The first-order valence-corrected chi connectivity index (χ1v) is 7.21. The molecule has 2 rings (SSSR count). The first-order valence-electron chi connectivity index (χ1n) is 6.84. The minimum absolute atomic E-state index is 0.435. The summed E-state index contributed by atoms with van der Waals surface area (Å²) in [6.07, 6.45) is 4.26. The molecule has 0 aromatic heterocycles. The standard InChI is InChI=1S/C18H16ClNO2/c1-20-17(9-5-8-14-6-3-2-4-7-14)18(21)22-16-12-10-15(19)11-13-16/h2-8,10-13,17H,1,9H2/b8-5+. The fourth-order valence-corrected chi connectivity index (χ4v) is 1.96. The van der Waals surface area contributed by atoms with Gasteiger partial charge in [0.05, 0.1) is 0 Å². The average molecular weight is 314 g/mol. The summed E-state index contributed by atoms with van der Waals surface area (Å²) in [6, 6.07) is 15.8. The van der Waals surface area contributed by atoms with Gasteiger partial charge in [0.15, 0.2) is 6.04 Å². The Balaban J connectivity index is 1.93. The molecule has 4 heteroatoms. The molecule has 0 aliphatic carbocycles. The molecule has 0 aliphatic heterocycles. The Morgan fingerprint density at radius 2 is 1.86 bits per heavy atom. The molecule has 22 heavy (non-hydrogen) atoms. The molecule has 0 saturated carbocycles. The van der Waals surface area contributed by atoms with Crippen LogP contribution in [0.1, 0.15) is 12.0 Å². The quantitative estimate of drug-likeness (QED) is 0.450. The average Bonchev–Trinajstić information content (AvgIpc) is 2.54.